The van der Waals surface area contributed by atoms with E-state index in [0.29, 0.717) is 6.04 Å². The molecule has 122 valence electrons. The first-order valence-electron chi connectivity index (χ1n) is 8.84. The molecule has 2 heterocycles. The monoisotopic (exact) mass is 303 g/mol. The van der Waals surface area contributed by atoms with E-state index in [1.54, 1.807) is 0 Å². The molecular weight excluding hydrogens is 274 g/mol. The predicted molar refractivity (Wildman–Crippen MR) is 91.6 cm³/mol. The first-order valence-corrected chi connectivity index (χ1v) is 8.84. The van der Waals surface area contributed by atoms with E-state index in [9.17, 15) is 0 Å². The average molecular weight is 303 g/mol. The lowest BCUT2D eigenvalue weighted by Crippen LogP contribution is -2.46. The Morgan fingerprint density at radius 2 is 1.82 bits per heavy atom. The molecule has 2 fully saturated rings. The number of nitrogens with one attached hydrogen (secondary N) is 1. The lowest BCUT2D eigenvalue weighted by atomic mass is 9.96. The molecule has 0 bridgehead atoms. The molecule has 0 amide bonds. The molecule has 1 aromatic heterocycles. The minimum absolute atomic E-state index is 0.556. The summed E-state index contributed by atoms with van der Waals surface area (Å²) >= 11 is 0. The summed E-state index contributed by atoms with van der Waals surface area (Å²) in [5.74, 6) is 1.90. The van der Waals surface area contributed by atoms with Crippen LogP contribution < -0.4 is 10.2 Å². The molecule has 0 atom stereocenters. The molecule has 22 heavy (non-hydrogen) atoms. The van der Waals surface area contributed by atoms with Crippen molar-refractivity contribution in [1.82, 2.24) is 14.9 Å². The number of aromatic nitrogens is 2. The molecule has 3 rings (SSSR count). The lowest BCUT2D eigenvalue weighted by molar-refractivity contribution is 0.270. The van der Waals surface area contributed by atoms with Crippen LogP contribution in [0.15, 0.2) is 6.07 Å². The second-order valence-corrected chi connectivity index (χ2v) is 6.59. The Morgan fingerprint density at radius 3 is 2.50 bits per heavy atom. The normalized spacial score (nSPS) is 21.1. The van der Waals surface area contributed by atoms with E-state index in [4.69, 9.17) is 4.98 Å². The van der Waals surface area contributed by atoms with Crippen LogP contribution in [0.1, 0.15) is 44.7 Å². The minimum atomic E-state index is 0.556. The zero-order chi connectivity index (χ0) is 15.4. The zero-order valence-corrected chi connectivity index (χ0v) is 14.0. The predicted octanol–water partition coefficient (Wildman–Crippen LogP) is 2.67. The molecule has 5 heteroatoms. The molecule has 1 saturated heterocycles. The second kappa shape index (κ2) is 7.27. The second-order valence-electron chi connectivity index (χ2n) is 6.59. The minimum Gasteiger partial charge on any atom is -0.354 e. The summed E-state index contributed by atoms with van der Waals surface area (Å²) in [4.78, 5) is 14.3. The molecule has 1 aliphatic carbocycles. The molecule has 0 radical (unpaired) electrons. The summed E-state index contributed by atoms with van der Waals surface area (Å²) in [5, 5.41) is 3.56. The topological polar surface area (TPSA) is 44.3 Å². The summed E-state index contributed by atoms with van der Waals surface area (Å²) in [6.07, 6.45) is 6.54. The number of piperazine rings is 1. The van der Waals surface area contributed by atoms with Crippen LogP contribution in [-0.2, 0) is 0 Å². The highest BCUT2D eigenvalue weighted by Gasteiger charge is 2.19. The first kappa shape index (κ1) is 15.5. The summed E-state index contributed by atoms with van der Waals surface area (Å²) in [7, 11) is 0. The molecule has 5 nitrogen and oxygen atoms in total. The highest BCUT2D eigenvalue weighted by atomic mass is 15.3. The van der Waals surface area contributed by atoms with Gasteiger partial charge in [0.25, 0.3) is 0 Å². The lowest BCUT2D eigenvalue weighted by Gasteiger charge is -2.35. The maximum atomic E-state index is 4.79. The highest BCUT2D eigenvalue weighted by molar-refractivity contribution is 5.45. The largest absolute Gasteiger partial charge is 0.354 e. The van der Waals surface area contributed by atoms with Gasteiger partial charge in [0.15, 0.2) is 0 Å². The van der Waals surface area contributed by atoms with Crippen molar-refractivity contribution in [2.75, 3.05) is 42.9 Å². The van der Waals surface area contributed by atoms with E-state index in [1.807, 2.05) is 0 Å². The third-order valence-corrected chi connectivity index (χ3v) is 4.92. The van der Waals surface area contributed by atoms with Crippen LogP contribution in [0.3, 0.4) is 0 Å². The van der Waals surface area contributed by atoms with Gasteiger partial charge in [-0.3, -0.25) is 0 Å². The number of rotatable bonds is 4. The van der Waals surface area contributed by atoms with Gasteiger partial charge >= 0.3 is 0 Å². The molecular formula is C17H29N5. The third-order valence-electron chi connectivity index (χ3n) is 4.92. The van der Waals surface area contributed by atoms with Crippen molar-refractivity contribution >= 4 is 11.8 Å². The smallest absolute Gasteiger partial charge is 0.225 e. The maximum absolute atomic E-state index is 4.79. The van der Waals surface area contributed by atoms with Crippen LogP contribution in [0.4, 0.5) is 11.8 Å². The van der Waals surface area contributed by atoms with Gasteiger partial charge in [0.1, 0.15) is 5.82 Å². The summed E-state index contributed by atoms with van der Waals surface area (Å²) < 4.78 is 0. The van der Waals surface area contributed by atoms with Gasteiger partial charge < -0.3 is 15.1 Å². The van der Waals surface area contributed by atoms with Crippen LogP contribution in [0.5, 0.6) is 0 Å². The van der Waals surface area contributed by atoms with E-state index in [-0.39, 0.29) is 0 Å². The van der Waals surface area contributed by atoms with Crippen LogP contribution in [0.25, 0.3) is 0 Å². The van der Waals surface area contributed by atoms with Crippen LogP contribution in [-0.4, -0.2) is 53.6 Å². The van der Waals surface area contributed by atoms with Crippen molar-refractivity contribution in [3.05, 3.63) is 11.8 Å². The maximum Gasteiger partial charge on any atom is 0.225 e. The number of nitrogens with zero attached hydrogens (tertiary/aromatic N) is 4. The van der Waals surface area contributed by atoms with Crippen molar-refractivity contribution < 1.29 is 0 Å². The van der Waals surface area contributed by atoms with Crippen molar-refractivity contribution in [3.8, 4) is 0 Å². The fourth-order valence-corrected chi connectivity index (χ4v) is 3.50. The molecule has 0 unspecified atom stereocenters. The Balaban J connectivity index is 1.67. The molecule has 1 saturated carbocycles. The van der Waals surface area contributed by atoms with Gasteiger partial charge in [-0.15, -0.1) is 0 Å². The van der Waals surface area contributed by atoms with Gasteiger partial charge in [0.2, 0.25) is 5.95 Å². The third kappa shape index (κ3) is 3.88. The Kier molecular flexibility index (Phi) is 5.13. The number of hydrogen-bond donors (Lipinski definition) is 1. The van der Waals surface area contributed by atoms with E-state index < -0.39 is 0 Å². The van der Waals surface area contributed by atoms with E-state index >= 15 is 0 Å². The van der Waals surface area contributed by atoms with Crippen LogP contribution in [0.2, 0.25) is 0 Å². The quantitative estimate of drug-likeness (QED) is 0.926. The fraction of sp³-hybridized carbons (Fsp3) is 0.765. The number of hydrogen-bond acceptors (Lipinski definition) is 5. The van der Waals surface area contributed by atoms with Gasteiger partial charge in [0, 0.05) is 44.0 Å². The van der Waals surface area contributed by atoms with Crippen LogP contribution >= 0.6 is 0 Å². The number of aryl methyl sites for hydroxylation is 1. The zero-order valence-electron chi connectivity index (χ0n) is 14.0. The van der Waals surface area contributed by atoms with Crippen molar-refractivity contribution in [2.45, 2.75) is 52.0 Å². The van der Waals surface area contributed by atoms with Crippen LogP contribution in [0, 0.1) is 6.92 Å². The molecule has 1 aromatic rings. The van der Waals surface area contributed by atoms with Gasteiger partial charge in [-0.25, -0.2) is 4.98 Å². The molecule has 1 aliphatic heterocycles. The Morgan fingerprint density at radius 1 is 1.09 bits per heavy atom. The number of likely N-dealkylation sites (N-methyl/N-ethyl adjacent to an activating group) is 1. The Bertz CT molecular complexity index is 476. The number of anilines is 2. The molecule has 0 aromatic carbocycles. The summed E-state index contributed by atoms with van der Waals surface area (Å²) in [5.41, 5.74) is 1.06. The summed E-state index contributed by atoms with van der Waals surface area (Å²) in [6.45, 7) is 9.83. The van der Waals surface area contributed by atoms with Crippen molar-refractivity contribution in [1.29, 1.82) is 0 Å². The Hall–Kier alpha value is -1.36. The van der Waals surface area contributed by atoms with Gasteiger partial charge in [-0.1, -0.05) is 26.2 Å². The van der Waals surface area contributed by atoms with E-state index in [1.165, 1.54) is 32.1 Å². The summed E-state index contributed by atoms with van der Waals surface area (Å²) in [6, 6.07) is 2.67. The Labute approximate surface area is 134 Å². The van der Waals surface area contributed by atoms with Gasteiger partial charge in [0.05, 0.1) is 0 Å². The van der Waals surface area contributed by atoms with E-state index in [0.717, 1.165) is 50.2 Å². The fourth-order valence-electron chi connectivity index (χ4n) is 3.50. The van der Waals surface area contributed by atoms with Crippen molar-refractivity contribution in [3.63, 3.8) is 0 Å². The molecule has 2 aliphatic rings. The van der Waals surface area contributed by atoms with Gasteiger partial charge in [-0.05, 0) is 26.3 Å². The average Bonchev–Trinajstić information content (AvgIpc) is 2.55. The van der Waals surface area contributed by atoms with Crippen molar-refractivity contribution in [2.24, 2.45) is 0 Å². The van der Waals surface area contributed by atoms with Gasteiger partial charge in [-0.2, -0.15) is 4.98 Å². The standard InChI is InChI=1S/C17H29N5/c1-3-21-9-11-22(12-10-21)16-13-14(2)18-17(20-16)19-15-7-5-4-6-8-15/h13,15H,3-12H2,1-2H3,(H,18,19,20). The first-order chi connectivity index (χ1) is 10.7. The van der Waals surface area contributed by atoms with E-state index in [2.05, 4.69) is 40.0 Å². The SMILES string of the molecule is CCN1CCN(c2cc(C)nc(NC3CCCCC3)n2)CC1. The molecule has 0 spiro atoms. The highest BCUT2D eigenvalue weighted by Crippen LogP contribution is 2.22. The molecule has 1 N–H and O–H groups in total.